The Labute approximate surface area is 202 Å². The van der Waals surface area contributed by atoms with E-state index < -0.39 is 10.0 Å². The first-order valence-electron chi connectivity index (χ1n) is 11.6. The third kappa shape index (κ3) is 5.08. The van der Waals surface area contributed by atoms with Crippen LogP contribution in [0.4, 0.5) is 0 Å². The highest BCUT2D eigenvalue weighted by molar-refractivity contribution is 7.89. The van der Waals surface area contributed by atoms with Gasteiger partial charge in [-0.1, -0.05) is 38.1 Å². The molecule has 0 bridgehead atoms. The third-order valence-corrected chi connectivity index (χ3v) is 8.26. The molecule has 1 aromatic heterocycles. The Morgan fingerprint density at radius 1 is 0.941 bits per heavy atom. The molecule has 2 heterocycles. The number of carbonyl (C=O) groups is 1. The van der Waals surface area contributed by atoms with Crippen LogP contribution in [0.15, 0.2) is 59.5 Å². The van der Waals surface area contributed by atoms with Crippen molar-refractivity contribution < 1.29 is 13.2 Å². The lowest BCUT2D eigenvalue weighted by atomic mass is 10.0. The van der Waals surface area contributed by atoms with E-state index in [1.165, 1.54) is 4.31 Å². The predicted molar refractivity (Wildman–Crippen MR) is 132 cm³/mol. The summed E-state index contributed by atoms with van der Waals surface area (Å²) in [6, 6.07) is 16.7. The SMILES string of the molecule is Cc1cc(C)n(Cc2ccc(C(=O)N3CCN(S(=O)(=O)c4ccc(C(C)C)cc4)CC3)cc2)n1. The van der Waals surface area contributed by atoms with Gasteiger partial charge >= 0.3 is 0 Å². The Bertz CT molecular complexity index is 1250. The van der Waals surface area contributed by atoms with Crippen molar-refractivity contribution in [2.75, 3.05) is 26.2 Å². The van der Waals surface area contributed by atoms with Crippen LogP contribution >= 0.6 is 0 Å². The van der Waals surface area contributed by atoms with Crippen LogP contribution in [0.3, 0.4) is 0 Å². The summed E-state index contributed by atoms with van der Waals surface area (Å²) in [5.41, 5.74) is 4.87. The highest BCUT2D eigenvalue weighted by Crippen LogP contribution is 2.22. The summed E-state index contributed by atoms with van der Waals surface area (Å²) in [5.74, 6) is 0.273. The Morgan fingerprint density at radius 3 is 2.09 bits per heavy atom. The maximum atomic E-state index is 13.0. The van der Waals surface area contributed by atoms with Gasteiger partial charge in [-0.2, -0.15) is 9.40 Å². The summed E-state index contributed by atoms with van der Waals surface area (Å²) < 4.78 is 29.5. The minimum atomic E-state index is -3.57. The number of benzene rings is 2. The summed E-state index contributed by atoms with van der Waals surface area (Å²) >= 11 is 0. The van der Waals surface area contributed by atoms with Gasteiger partial charge < -0.3 is 4.90 Å². The molecule has 34 heavy (non-hydrogen) atoms. The topological polar surface area (TPSA) is 75.5 Å². The fraction of sp³-hybridized carbons (Fsp3) is 0.385. The van der Waals surface area contributed by atoms with Crippen LogP contribution in [-0.2, 0) is 16.6 Å². The fourth-order valence-corrected chi connectivity index (χ4v) is 5.67. The number of sulfonamides is 1. The zero-order valence-electron chi connectivity index (χ0n) is 20.2. The van der Waals surface area contributed by atoms with Gasteiger partial charge in [-0.05, 0) is 61.2 Å². The summed E-state index contributed by atoms with van der Waals surface area (Å²) in [6.45, 7) is 10.1. The van der Waals surface area contributed by atoms with Gasteiger partial charge in [0.05, 0.1) is 17.1 Å². The molecule has 7 nitrogen and oxygen atoms in total. The second kappa shape index (κ2) is 9.72. The standard InChI is InChI=1S/C26H32N4O3S/c1-19(2)23-9-11-25(12-10-23)34(32,33)29-15-13-28(14-16-29)26(31)24-7-5-22(6-8-24)18-30-21(4)17-20(3)27-30/h5-12,17,19H,13-16,18H2,1-4H3. The van der Waals surface area contributed by atoms with Gasteiger partial charge in [0, 0.05) is 37.4 Å². The van der Waals surface area contributed by atoms with E-state index in [1.807, 2.05) is 61.0 Å². The molecule has 3 aromatic rings. The minimum absolute atomic E-state index is 0.0731. The molecule has 0 N–H and O–H groups in total. The number of rotatable bonds is 6. The van der Waals surface area contributed by atoms with Crippen molar-refractivity contribution in [2.45, 2.75) is 45.1 Å². The summed E-state index contributed by atoms with van der Waals surface area (Å²) in [6.07, 6.45) is 0. The predicted octanol–water partition coefficient (Wildman–Crippen LogP) is 3.82. The first kappa shape index (κ1) is 24.2. The van der Waals surface area contributed by atoms with E-state index in [0.717, 1.165) is 22.5 Å². The molecule has 0 radical (unpaired) electrons. The van der Waals surface area contributed by atoms with Crippen LogP contribution < -0.4 is 0 Å². The molecule has 0 aliphatic carbocycles. The molecule has 8 heteroatoms. The molecule has 1 saturated heterocycles. The molecule has 4 rings (SSSR count). The summed E-state index contributed by atoms with van der Waals surface area (Å²) in [5, 5.41) is 4.48. The normalized spacial score (nSPS) is 15.1. The molecule has 2 aromatic carbocycles. The lowest BCUT2D eigenvalue weighted by Gasteiger charge is -2.34. The van der Waals surface area contributed by atoms with Gasteiger partial charge in [-0.15, -0.1) is 0 Å². The third-order valence-electron chi connectivity index (χ3n) is 6.35. The van der Waals surface area contributed by atoms with Crippen LogP contribution in [0.5, 0.6) is 0 Å². The minimum Gasteiger partial charge on any atom is -0.336 e. The van der Waals surface area contributed by atoms with Crippen molar-refractivity contribution in [2.24, 2.45) is 0 Å². The quantitative estimate of drug-likeness (QED) is 0.538. The van der Waals surface area contributed by atoms with Gasteiger partial charge in [-0.25, -0.2) is 8.42 Å². The van der Waals surface area contributed by atoms with Crippen molar-refractivity contribution in [3.8, 4) is 0 Å². The number of hydrogen-bond donors (Lipinski definition) is 0. The van der Waals surface area contributed by atoms with Crippen molar-refractivity contribution in [3.63, 3.8) is 0 Å². The Kier molecular flexibility index (Phi) is 6.91. The molecular weight excluding hydrogens is 448 g/mol. The van der Waals surface area contributed by atoms with Crippen molar-refractivity contribution in [1.82, 2.24) is 19.0 Å². The maximum Gasteiger partial charge on any atom is 0.253 e. The zero-order chi connectivity index (χ0) is 24.5. The van der Waals surface area contributed by atoms with Gasteiger partial charge in [0.2, 0.25) is 10.0 Å². The van der Waals surface area contributed by atoms with Crippen molar-refractivity contribution in [3.05, 3.63) is 82.7 Å². The first-order valence-corrected chi connectivity index (χ1v) is 13.1. The highest BCUT2D eigenvalue weighted by Gasteiger charge is 2.30. The average molecular weight is 481 g/mol. The van der Waals surface area contributed by atoms with Gasteiger partial charge in [0.25, 0.3) is 5.91 Å². The molecule has 180 valence electrons. The average Bonchev–Trinajstić information content (AvgIpc) is 3.15. The Morgan fingerprint density at radius 2 is 1.56 bits per heavy atom. The Balaban J connectivity index is 1.37. The van der Waals surface area contributed by atoms with E-state index in [0.29, 0.717) is 36.0 Å². The molecular formula is C26H32N4O3S. The van der Waals surface area contributed by atoms with E-state index in [9.17, 15) is 13.2 Å². The largest absolute Gasteiger partial charge is 0.336 e. The number of hydrogen-bond acceptors (Lipinski definition) is 4. The molecule has 1 fully saturated rings. The van der Waals surface area contributed by atoms with Gasteiger partial charge in [0.15, 0.2) is 0 Å². The van der Waals surface area contributed by atoms with Crippen LogP contribution in [0.25, 0.3) is 0 Å². The van der Waals surface area contributed by atoms with Crippen LogP contribution in [0, 0.1) is 13.8 Å². The first-order chi connectivity index (χ1) is 16.1. The van der Waals surface area contributed by atoms with Gasteiger partial charge in [-0.3, -0.25) is 9.48 Å². The fourth-order valence-electron chi connectivity index (χ4n) is 4.25. The second-order valence-corrected chi connectivity index (χ2v) is 11.1. The smallest absolute Gasteiger partial charge is 0.253 e. The highest BCUT2D eigenvalue weighted by atomic mass is 32.2. The number of nitrogens with zero attached hydrogens (tertiary/aromatic N) is 4. The van der Waals surface area contributed by atoms with E-state index in [2.05, 4.69) is 18.9 Å². The van der Waals surface area contributed by atoms with E-state index in [-0.39, 0.29) is 19.0 Å². The van der Waals surface area contributed by atoms with Crippen molar-refractivity contribution >= 4 is 15.9 Å². The molecule has 1 amide bonds. The molecule has 0 unspecified atom stereocenters. The number of carbonyl (C=O) groups excluding carboxylic acids is 1. The number of aryl methyl sites for hydroxylation is 2. The molecule has 0 atom stereocenters. The van der Waals surface area contributed by atoms with Crippen molar-refractivity contribution in [1.29, 1.82) is 0 Å². The monoisotopic (exact) mass is 480 g/mol. The number of aromatic nitrogens is 2. The number of piperazine rings is 1. The summed E-state index contributed by atoms with van der Waals surface area (Å²) in [4.78, 5) is 15.0. The van der Waals surface area contributed by atoms with E-state index in [4.69, 9.17) is 0 Å². The molecule has 1 aliphatic rings. The lowest BCUT2D eigenvalue weighted by Crippen LogP contribution is -2.50. The maximum absolute atomic E-state index is 13.0. The molecule has 0 saturated carbocycles. The van der Waals surface area contributed by atoms with E-state index in [1.54, 1.807) is 17.0 Å². The molecule has 0 spiro atoms. The number of amides is 1. The second-order valence-electron chi connectivity index (χ2n) is 9.20. The van der Waals surface area contributed by atoms with Gasteiger partial charge in [0.1, 0.15) is 0 Å². The molecule has 1 aliphatic heterocycles. The van der Waals surface area contributed by atoms with Crippen LogP contribution in [0.1, 0.15) is 52.6 Å². The Hall–Kier alpha value is -2.97. The van der Waals surface area contributed by atoms with Crippen LogP contribution in [-0.4, -0.2) is 59.5 Å². The van der Waals surface area contributed by atoms with E-state index >= 15 is 0 Å². The zero-order valence-corrected chi connectivity index (χ0v) is 21.0. The van der Waals surface area contributed by atoms with Crippen LogP contribution in [0.2, 0.25) is 0 Å². The lowest BCUT2D eigenvalue weighted by molar-refractivity contribution is 0.0698. The summed E-state index contributed by atoms with van der Waals surface area (Å²) in [7, 11) is -3.57.